The summed E-state index contributed by atoms with van der Waals surface area (Å²) in [4.78, 5) is 18.5. The first-order chi connectivity index (χ1) is 16.3. The molecule has 5 heteroatoms. The number of benzene rings is 2. The molecule has 2 aromatic carbocycles. The number of aryl methyl sites for hydroxylation is 1. The number of aromatic nitrogens is 1. The molecule has 3 rings (SSSR count). The van der Waals surface area contributed by atoms with Gasteiger partial charge in [0, 0.05) is 66.3 Å². The fraction of sp³-hybridized carbons (Fsp3) is 0.379. The first-order valence-electron chi connectivity index (χ1n) is 11.9. The Bertz CT molecular complexity index is 1110. The van der Waals surface area contributed by atoms with Gasteiger partial charge in [-0.25, -0.2) is 0 Å². The maximum Gasteiger partial charge on any atom is 0.162 e. The number of carbonyl (C=O) groups excluding carboxylic acids is 1. The van der Waals surface area contributed by atoms with E-state index in [2.05, 4.69) is 59.5 Å². The maximum atomic E-state index is 12.0. The summed E-state index contributed by atoms with van der Waals surface area (Å²) >= 11 is 0. The fourth-order valence-electron chi connectivity index (χ4n) is 4.22. The molecule has 0 spiro atoms. The molecule has 5 nitrogen and oxygen atoms in total. The summed E-state index contributed by atoms with van der Waals surface area (Å²) < 4.78 is 7.35. The van der Waals surface area contributed by atoms with Crippen LogP contribution < -0.4 is 9.64 Å². The number of nitrogens with zero attached hydrogens (tertiary/aromatic N) is 3. The first-order valence-corrected chi connectivity index (χ1v) is 11.9. The lowest BCUT2D eigenvalue weighted by Gasteiger charge is -2.22. The van der Waals surface area contributed by atoms with Crippen LogP contribution >= 0.6 is 0 Å². The standard InChI is InChI=1S/C17H20N2O2.C12H19N/c1-11-16(10-18-4)17(13(3)20)12(2)19(11)14-7-6-8-15(9-14)21-5;1-4-10-13(5-2)12-8-6-11(3)7-9-12/h6-10H,1-5H3;6-9H,4-5,10H2,1-3H3. The van der Waals surface area contributed by atoms with Crippen LogP contribution in [0.1, 0.15) is 60.1 Å². The Kier molecular flexibility index (Phi) is 10.1. The van der Waals surface area contributed by atoms with Crippen LogP contribution in [0, 0.1) is 20.8 Å². The number of Topliss-reactive ketones (excluding diaryl/α,β-unsaturated/α-hetero) is 1. The van der Waals surface area contributed by atoms with Crippen molar-refractivity contribution >= 4 is 17.7 Å². The average Bonchev–Trinajstić information content (AvgIpc) is 3.08. The third-order valence-electron chi connectivity index (χ3n) is 5.89. The van der Waals surface area contributed by atoms with Crippen molar-refractivity contribution in [3.05, 3.63) is 76.6 Å². The maximum absolute atomic E-state index is 12.0. The van der Waals surface area contributed by atoms with E-state index in [1.165, 1.54) is 17.7 Å². The second-order valence-electron chi connectivity index (χ2n) is 8.36. The molecule has 0 bridgehead atoms. The van der Waals surface area contributed by atoms with E-state index in [4.69, 9.17) is 4.74 Å². The van der Waals surface area contributed by atoms with E-state index in [0.29, 0.717) is 0 Å². The molecule has 3 aromatic rings. The average molecular weight is 462 g/mol. The van der Waals surface area contributed by atoms with Crippen molar-refractivity contribution in [3.8, 4) is 11.4 Å². The molecular formula is C29H39N3O2. The molecule has 0 saturated heterocycles. The van der Waals surface area contributed by atoms with Crippen LogP contribution in [-0.2, 0) is 0 Å². The highest BCUT2D eigenvalue weighted by atomic mass is 16.5. The van der Waals surface area contributed by atoms with Crippen molar-refractivity contribution in [3.63, 3.8) is 0 Å². The number of hydrogen-bond donors (Lipinski definition) is 0. The molecule has 0 atom stereocenters. The Balaban J connectivity index is 0.000000270. The number of methoxy groups -OCH3 is 1. The van der Waals surface area contributed by atoms with Gasteiger partial charge in [-0.3, -0.25) is 9.79 Å². The van der Waals surface area contributed by atoms with Gasteiger partial charge in [0.15, 0.2) is 5.78 Å². The van der Waals surface area contributed by atoms with Crippen LogP contribution in [0.2, 0.25) is 0 Å². The molecule has 0 radical (unpaired) electrons. The second kappa shape index (κ2) is 12.8. The fourth-order valence-corrected chi connectivity index (χ4v) is 4.22. The Morgan fingerprint density at radius 2 is 1.74 bits per heavy atom. The van der Waals surface area contributed by atoms with Crippen LogP contribution in [0.25, 0.3) is 5.69 Å². The largest absolute Gasteiger partial charge is 0.497 e. The second-order valence-corrected chi connectivity index (χ2v) is 8.36. The molecule has 1 aromatic heterocycles. The minimum Gasteiger partial charge on any atom is -0.497 e. The van der Waals surface area contributed by atoms with E-state index in [1.807, 2.05) is 38.1 Å². The number of rotatable bonds is 8. The molecular weight excluding hydrogens is 422 g/mol. The Labute approximate surface area is 205 Å². The van der Waals surface area contributed by atoms with Crippen LogP contribution in [-0.4, -0.2) is 43.8 Å². The predicted octanol–water partition coefficient (Wildman–Crippen LogP) is 6.59. The topological polar surface area (TPSA) is 46.8 Å². The molecule has 1 heterocycles. The lowest BCUT2D eigenvalue weighted by Crippen LogP contribution is -2.23. The van der Waals surface area contributed by atoms with Gasteiger partial charge in [-0.2, -0.15) is 0 Å². The van der Waals surface area contributed by atoms with E-state index in [1.54, 1.807) is 27.3 Å². The summed E-state index contributed by atoms with van der Waals surface area (Å²) in [5.41, 5.74) is 7.17. The van der Waals surface area contributed by atoms with E-state index in [-0.39, 0.29) is 5.78 Å². The highest BCUT2D eigenvalue weighted by molar-refractivity contribution is 6.04. The van der Waals surface area contributed by atoms with Crippen LogP contribution in [0.3, 0.4) is 0 Å². The van der Waals surface area contributed by atoms with Gasteiger partial charge >= 0.3 is 0 Å². The lowest BCUT2D eigenvalue weighted by atomic mass is 10.1. The number of carbonyl (C=O) groups is 1. The molecule has 182 valence electrons. The molecule has 0 N–H and O–H groups in total. The van der Waals surface area contributed by atoms with Gasteiger partial charge < -0.3 is 14.2 Å². The molecule has 0 aliphatic carbocycles. The van der Waals surface area contributed by atoms with Crippen LogP contribution in [0.5, 0.6) is 5.75 Å². The number of anilines is 1. The third kappa shape index (κ3) is 6.37. The molecule has 0 fully saturated rings. The van der Waals surface area contributed by atoms with Crippen molar-refractivity contribution in [2.24, 2.45) is 4.99 Å². The van der Waals surface area contributed by atoms with E-state index in [0.717, 1.165) is 47.0 Å². The molecule has 0 saturated carbocycles. The Morgan fingerprint density at radius 3 is 2.26 bits per heavy atom. The molecule has 0 amide bonds. The third-order valence-corrected chi connectivity index (χ3v) is 5.89. The summed E-state index contributed by atoms with van der Waals surface area (Å²) in [7, 11) is 3.35. The highest BCUT2D eigenvalue weighted by Crippen LogP contribution is 2.27. The van der Waals surface area contributed by atoms with Crippen molar-refractivity contribution in [1.82, 2.24) is 4.57 Å². The van der Waals surface area contributed by atoms with Crippen molar-refractivity contribution in [2.45, 2.75) is 48.0 Å². The summed E-state index contributed by atoms with van der Waals surface area (Å²) in [6, 6.07) is 16.5. The summed E-state index contributed by atoms with van der Waals surface area (Å²) in [5.74, 6) is 0.835. The van der Waals surface area contributed by atoms with Gasteiger partial charge in [-0.05, 0) is 65.3 Å². The van der Waals surface area contributed by atoms with E-state index < -0.39 is 0 Å². The SMILES string of the molecule is CCCN(CC)c1ccc(C)cc1.CN=Cc1c(C(C)=O)c(C)n(-c2cccc(OC)c2)c1C. The van der Waals surface area contributed by atoms with Gasteiger partial charge in [0.05, 0.1) is 7.11 Å². The van der Waals surface area contributed by atoms with Gasteiger partial charge in [-0.1, -0.05) is 30.7 Å². The predicted molar refractivity (Wildman–Crippen MR) is 145 cm³/mol. The number of hydrogen-bond acceptors (Lipinski definition) is 4. The number of ether oxygens (including phenoxy) is 1. The zero-order chi connectivity index (χ0) is 25.3. The van der Waals surface area contributed by atoms with Gasteiger partial charge in [-0.15, -0.1) is 0 Å². The first kappa shape index (κ1) is 26.9. The van der Waals surface area contributed by atoms with Crippen molar-refractivity contribution in [1.29, 1.82) is 0 Å². The molecule has 0 aliphatic heterocycles. The van der Waals surface area contributed by atoms with Crippen molar-refractivity contribution in [2.75, 3.05) is 32.1 Å². The highest BCUT2D eigenvalue weighted by Gasteiger charge is 2.20. The molecule has 0 unspecified atom stereocenters. The summed E-state index contributed by atoms with van der Waals surface area (Å²) in [5, 5.41) is 0. The number of aliphatic imine (C=N–C) groups is 1. The lowest BCUT2D eigenvalue weighted by molar-refractivity contribution is 0.101. The Hall–Kier alpha value is -3.34. The minimum absolute atomic E-state index is 0.0483. The Morgan fingerprint density at radius 1 is 1.06 bits per heavy atom. The molecule has 34 heavy (non-hydrogen) atoms. The van der Waals surface area contributed by atoms with E-state index in [9.17, 15) is 4.79 Å². The van der Waals surface area contributed by atoms with Gasteiger partial charge in [0.25, 0.3) is 0 Å². The summed E-state index contributed by atoms with van der Waals surface area (Å²) in [6.07, 6.45) is 2.96. The summed E-state index contributed by atoms with van der Waals surface area (Å²) in [6.45, 7) is 14.3. The van der Waals surface area contributed by atoms with E-state index >= 15 is 0 Å². The quantitative estimate of drug-likeness (QED) is 0.281. The van der Waals surface area contributed by atoms with Gasteiger partial charge in [0.1, 0.15) is 5.75 Å². The smallest absolute Gasteiger partial charge is 0.162 e. The monoisotopic (exact) mass is 461 g/mol. The minimum atomic E-state index is 0.0483. The zero-order valence-corrected chi connectivity index (χ0v) is 22.0. The zero-order valence-electron chi connectivity index (χ0n) is 22.0. The van der Waals surface area contributed by atoms with Crippen LogP contribution in [0.15, 0.2) is 53.5 Å². The molecule has 0 aliphatic rings. The van der Waals surface area contributed by atoms with Gasteiger partial charge in [0.2, 0.25) is 0 Å². The number of ketones is 1. The normalized spacial score (nSPS) is 10.7. The van der Waals surface area contributed by atoms with Crippen LogP contribution in [0.4, 0.5) is 5.69 Å². The van der Waals surface area contributed by atoms with Crippen molar-refractivity contribution < 1.29 is 9.53 Å².